The number of aromatic nitrogens is 4. The van der Waals surface area contributed by atoms with Crippen LogP contribution in [0.2, 0.25) is 10.0 Å². The minimum Gasteiger partial charge on any atom is -0.495 e. The van der Waals surface area contributed by atoms with Crippen molar-refractivity contribution in [2.45, 2.75) is 19.2 Å². The van der Waals surface area contributed by atoms with E-state index in [1.54, 1.807) is 37.7 Å². The van der Waals surface area contributed by atoms with E-state index in [1.165, 1.54) is 7.11 Å². The molecule has 0 saturated heterocycles. The molecule has 4 aromatic heterocycles. The summed E-state index contributed by atoms with van der Waals surface area (Å²) in [5.74, 6) is 0.996. The van der Waals surface area contributed by atoms with E-state index >= 15 is 0 Å². The predicted molar refractivity (Wildman–Crippen MR) is 163 cm³/mol. The molecule has 1 atom stereocenters. The minimum atomic E-state index is -1.15. The number of fused-ring (bicyclic) bond motifs is 2. The van der Waals surface area contributed by atoms with Gasteiger partial charge in [0.15, 0.2) is 6.29 Å². The first-order valence-electron chi connectivity index (χ1n) is 13.1. The molecule has 0 aliphatic rings. The Kier molecular flexibility index (Phi) is 7.60. The summed E-state index contributed by atoms with van der Waals surface area (Å²) in [5.41, 5.74) is 4.65. The van der Waals surface area contributed by atoms with Crippen LogP contribution in [-0.2, 0) is 13.1 Å². The van der Waals surface area contributed by atoms with Crippen molar-refractivity contribution in [2.75, 3.05) is 14.2 Å². The number of carbonyl (C=O) groups is 1. The average Bonchev–Trinajstić information content (AvgIpc) is 3.55. The summed E-state index contributed by atoms with van der Waals surface area (Å²) in [7, 11) is 3.11. The van der Waals surface area contributed by atoms with Gasteiger partial charge >= 0.3 is 0 Å². The van der Waals surface area contributed by atoms with Gasteiger partial charge in [0.25, 0.3) is 0 Å². The number of benzene rings is 2. The molecular formula is C32H26Cl2N4O4. The highest BCUT2D eigenvalue weighted by molar-refractivity contribution is 6.30. The molecule has 0 bridgehead atoms. The average molecular weight is 601 g/mol. The first-order valence-corrected chi connectivity index (χ1v) is 13.9. The molecule has 2 aromatic carbocycles. The first kappa shape index (κ1) is 27.8. The molecule has 0 aliphatic carbocycles. The number of aldehydes is 1. The Morgan fingerprint density at radius 1 is 0.833 bits per heavy atom. The van der Waals surface area contributed by atoms with E-state index < -0.39 is 6.10 Å². The Morgan fingerprint density at radius 2 is 1.45 bits per heavy atom. The fraction of sp³-hybridized carbons (Fsp3) is 0.156. The third kappa shape index (κ3) is 5.09. The number of hydrogen-bond donors (Lipinski definition) is 1. The smallest absolute Gasteiger partial charge is 0.166 e. The summed E-state index contributed by atoms with van der Waals surface area (Å²) >= 11 is 12.2. The molecule has 6 rings (SSSR count). The molecule has 6 aromatic rings. The largest absolute Gasteiger partial charge is 0.495 e. The maximum Gasteiger partial charge on any atom is 0.166 e. The second-order valence-corrected chi connectivity index (χ2v) is 10.7. The molecule has 0 radical (unpaired) electrons. The highest BCUT2D eigenvalue weighted by atomic mass is 35.5. The van der Waals surface area contributed by atoms with Gasteiger partial charge in [0.2, 0.25) is 0 Å². The van der Waals surface area contributed by atoms with Crippen molar-refractivity contribution in [1.82, 2.24) is 19.1 Å². The van der Waals surface area contributed by atoms with Crippen molar-refractivity contribution in [3.63, 3.8) is 0 Å². The third-order valence-corrected chi connectivity index (χ3v) is 7.84. The monoisotopic (exact) mass is 600 g/mol. The summed E-state index contributed by atoms with van der Waals surface area (Å²) < 4.78 is 14.9. The molecule has 212 valence electrons. The van der Waals surface area contributed by atoms with Gasteiger partial charge in [-0.05, 0) is 53.6 Å². The van der Waals surface area contributed by atoms with E-state index in [0.717, 1.165) is 22.8 Å². The fourth-order valence-electron chi connectivity index (χ4n) is 5.27. The fourth-order valence-corrected chi connectivity index (χ4v) is 5.52. The van der Waals surface area contributed by atoms with Crippen molar-refractivity contribution < 1.29 is 19.4 Å². The molecule has 10 heteroatoms. The molecule has 0 spiro atoms. The van der Waals surface area contributed by atoms with Crippen LogP contribution in [-0.4, -0.2) is 44.7 Å². The maximum atomic E-state index is 12.2. The molecule has 0 saturated carbocycles. The Bertz CT molecular complexity index is 1910. The molecule has 0 amide bonds. The molecule has 8 nitrogen and oxygen atoms in total. The highest BCUT2D eigenvalue weighted by Gasteiger charge is 2.27. The van der Waals surface area contributed by atoms with Crippen LogP contribution < -0.4 is 9.47 Å². The Balaban J connectivity index is 1.52. The molecular weight excluding hydrogens is 575 g/mol. The molecule has 1 unspecified atom stereocenters. The second-order valence-electron chi connectivity index (χ2n) is 9.85. The Hall–Kier alpha value is -4.37. The van der Waals surface area contributed by atoms with E-state index in [1.807, 2.05) is 57.7 Å². The predicted octanol–water partition coefficient (Wildman–Crippen LogP) is 6.70. The van der Waals surface area contributed by atoms with Gasteiger partial charge in [0.1, 0.15) is 28.9 Å². The van der Waals surface area contributed by atoms with Crippen LogP contribution in [0.3, 0.4) is 0 Å². The van der Waals surface area contributed by atoms with E-state index in [0.29, 0.717) is 68.3 Å². The van der Waals surface area contributed by atoms with Crippen LogP contribution in [0.1, 0.15) is 39.0 Å². The third-order valence-electron chi connectivity index (χ3n) is 7.34. The quantitative estimate of drug-likeness (QED) is 0.186. The number of aliphatic hydroxyl groups excluding tert-OH is 1. The number of methoxy groups -OCH3 is 2. The lowest BCUT2D eigenvalue weighted by atomic mass is 10.0. The summed E-state index contributed by atoms with van der Waals surface area (Å²) in [6, 6.07) is 20.4. The maximum absolute atomic E-state index is 12.2. The zero-order chi connectivity index (χ0) is 29.4. The van der Waals surface area contributed by atoms with Gasteiger partial charge in [-0.2, -0.15) is 0 Å². The Labute approximate surface area is 251 Å². The Morgan fingerprint density at radius 3 is 2.05 bits per heavy atom. The van der Waals surface area contributed by atoms with Crippen molar-refractivity contribution in [3.05, 3.63) is 117 Å². The van der Waals surface area contributed by atoms with E-state index in [4.69, 9.17) is 32.7 Å². The minimum absolute atomic E-state index is 0.393. The van der Waals surface area contributed by atoms with E-state index in [-0.39, 0.29) is 0 Å². The van der Waals surface area contributed by atoms with Gasteiger partial charge in [-0.1, -0.05) is 47.5 Å². The summed E-state index contributed by atoms with van der Waals surface area (Å²) in [6.07, 6.45) is 2.86. The van der Waals surface area contributed by atoms with Crippen LogP contribution in [0, 0.1) is 0 Å². The number of aliphatic hydroxyl groups is 1. The molecule has 4 heterocycles. The molecule has 0 aliphatic heterocycles. The number of nitrogens with zero attached hydrogens (tertiary/aromatic N) is 4. The highest BCUT2D eigenvalue weighted by Crippen LogP contribution is 2.39. The number of hydrogen-bond acceptors (Lipinski definition) is 6. The summed E-state index contributed by atoms with van der Waals surface area (Å²) in [5, 5.41) is 14.8. The number of ether oxygens (including phenoxy) is 2. The lowest BCUT2D eigenvalue weighted by Crippen LogP contribution is -2.12. The molecule has 42 heavy (non-hydrogen) atoms. The first-order chi connectivity index (χ1) is 20.4. The topological polar surface area (TPSA) is 91.4 Å². The van der Waals surface area contributed by atoms with E-state index in [9.17, 15) is 9.90 Å². The van der Waals surface area contributed by atoms with Gasteiger partial charge in [-0.25, -0.2) is 9.97 Å². The van der Waals surface area contributed by atoms with Gasteiger partial charge < -0.3 is 23.7 Å². The van der Waals surface area contributed by atoms with Gasteiger partial charge in [0.05, 0.1) is 38.0 Å². The van der Waals surface area contributed by atoms with Gasteiger partial charge in [-0.15, -0.1) is 0 Å². The summed E-state index contributed by atoms with van der Waals surface area (Å²) in [6.45, 7) is 0.824. The standard InChI is InChI=1S/C32H26Cl2N4O4/c1-41-25-11-21-12-27(38(31(21)35-14-25)17-20-5-9-23(34)10-6-20)30(40)29-26-13-24(18-39)37(32(26)36-15-28(29)42-2)16-19-3-7-22(33)8-4-19/h3-15,18,30,40H,16-17H2,1-2H3. The lowest BCUT2D eigenvalue weighted by Gasteiger charge is -2.19. The van der Waals surface area contributed by atoms with Crippen molar-refractivity contribution >= 4 is 51.6 Å². The van der Waals surface area contributed by atoms with Crippen LogP contribution in [0.5, 0.6) is 11.5 Å². The zero-order valence-corrected chi connectivity index (χ0v) is 24.3. The van der Waals surface area contributed by atoms with E-state index in [2.05, 4.69) is 9.97 Å². The van der Waals surface area contributed by atoms with Gasteiger partial charge in [0, 0.05) is 39.5 Å². The van der Waals surface area contributed by atoms with Crippen LogP contribution in [0.25, 0.3) is 22.1 Å². The molecule has 1 N–H and O–H groups in total. The molecule has 0 fully saturated rings. The second kappa shape index (κ2) is 11.5. The van der Waals surface area contributed by atoms with Crippen molar-refractivity contribution in [1.29, 1.82) is 0 Å². The number of carbonyl (C=O) groups excluding carboxylic acids is 1. The van der Waals surface area contributed by atoms with Crippen LogP contribution in [0.15, 0.2) is 79.1 Å². The van der Waals surface area contributed by atoms with Crippen molar-refractivity contribution in [3.8, 4) is 11.5 Å². The number of rotatable bonds is 9. The number of halogens is 2. The van der Waals surface area contributed by atoms with Crippen molar-refractivity contribution in [2.24, 2.45) is 0 Å². The van der Waals surface area contributed by atoms with Crippen LogP contribution >= 0.6 is 23.2 Å². The normalized spacial score (nSPS) is 12.1. The number of pyridine rings is 2. The lowest BCUT2D eigenvalue weighted by molar-refractivity contribution is 0.111. The van der Waals surface area contributed by atoms with Crippen LogP contribution in [0.4, 0.5) is 0 Å². The van der Waals surface area contributed by atoms with Gasteiger partial charge in [-0.3, -0.25) is 4.79 Å². The summed E-state index contributed by atoms with van der Waals surface area (Å²) in [4.78, 5) is 21.5. The zero-order valence-electron chi connectivity index (χ0n) is 22.8. The SMILES string of the molecule is COc1cnc2c(c1)cc(C(O)c1c(OC)cnc3c1cc(C=O)n3Cc1ccc(Cl)cc1)n2Cc1ccc(Cl)cc1.